The highest BCUT2D eigenvalue weighted by Gasteiger charge is 1.93. The van der Waals surface area contributed by atoms with Crippen molar-refractivity contribution in [1.82, 2.24) is 0 Å². The predicted molar refractivity (Wildman–Crippen MR) is 33.3 cm³/mol. The lowest BCUT2D eigenvalue weighted by atomic mass is 10.3. The second-order valence-corrected chi connectivity index (χ2v) is 1.90. The number of halogens is 1. The molecule has 0 amide bonds. The van der Waals surface area contributed by atoms with E-state index in [1.54, 1.807) is 6.08 Å². The fourth-order valence-electron chi connectivity index (χ4n) is 0.263. The molecule has 0 aliphatic carbocycles. The maximum Gasteiger partial charge on any atom is 0.0371 e. The van der Waals surface area contributed by atoms with Crippen LogP contribution in [0.15, 0.2) is 11.1 Å². The van der Waals surface area contributed by atoms with Crippen molar-refractivity contribution in [3.63, 3.8) is 0 Å². The molecule has 1 nitrogen and oxygen atoms in total. The highest BCUT2D eigenvalue weighted by atomic mass is 35.5. The van der Waals surface area contributed by atoms with Crippen LogP contribution in [-0.2, 0) is 0 Å². The van der Waals surface area contributed by atoms with E-state index in [1.807, 2.05) is 13.8 Å². The molecule has 0 aromatic heterocycles. The van der Waals surface area contributed by atoms with Crippen LogP contribution in [0.5, 0.6) is 0 Å². The Bertz CT molecular complexity index is 76.1. The lowest BCUT2D eigenvalue weighted by Crippen LogP contribution is -2.14. The standard InChI is InChI=1S/C5H10ClN/c1-3-5(6)4(2)7/h3-4H,7H2,1-2H3. The van der Waals surface area contributed by atoms with Gasteiger partial charge in [-0.3, -0.25) is 0 Å². The van der Waals surface area contributed by atoms with Crippen molar-refractivity contribution in [3.8, 4) is 0 Å². The Kier molecular flexibility index (Phi) is 3.05. The first-order valence-electron chi connectivity index (χ1n) is 2.25. The molecule has 0 bridgehead atoms. The van der Waals surface area contributed by atoms with Crippen LogP contribution in [0, 0.1) is 0 Å². The molecule has 0 saturated heterocycles. The summed E-state index contributed by atoms with van der Waals surface area (Å²) in [5, 5.41) is 0.722. The molecule has 0 spiro atoms. The summed E-state index contributed by atoms with van der Waals surface area (Å²) in [5.41, 5.74) is 5.35. The lowest BCUT2D eigenvalue weighted by molar-refractivity contribution is 0.906. The molecule has 0 saturated carbocycles. The van der Waals surface area contributed by atoms with E-state index < -0.39 is 0 Å². The topological polar surface area (TPSA) is 26.0 Å². The summed E-state index contributed by atoms with van der Waals surface area (Å²) < 4.78 is 0. The number of hydrogen-bond donors (Lipinski definition) is 1. The Morgan fingerprint density at radius 2 is 2.29 bits per heavy atom. The maximum absolute atomic E-state index is 5.54. The molecule has 0 radical (unpaired) electrons. The normalized spacial score (nSPS) is 16.9. The molecule has 0 aliphatic rings. The smallest absolute Gasteiger partial charge is 0.0371 e. The highest BCUT2D eigenvalue weighted by Crippen LogP contribution is 2.02. The maximum atomic E-state index is 5.54. The Morgan fingerprint density at radius 3 is 2.29 bits per heavy atom. The van der Waals surface area contributed by atoms with E-state index in [-0.39, 0.29) is 6.04 Å². The van der Waals surface area contributed by atoms with Gasteiger partial charge in [-0.1, -0.05) is 17.7 Å². The molecular formula is C5H10ClN. The van der Waals surface area contributed by atoms with Gasteiger partial charge in [-0.2, -0.15) is 0 Å². The van der Waals surface area contributed by atoms with Crippen molar-refractivity contribution in [2.24, 2.45) is 5.73 Å². The Hall–Kier alpha value is -0.0100. The van der Waals surface area contributed by atoms with Crippen LogP contribution in [-0.4, -0.2) is 6.04 Å². The minimum absolute atomic E-state index is 0.00772. The quantitative estimate of drug-likeness (QED) is 0.556. The van der Waals surface area contributed by atoms with Gasteiger partial charge in [0, 0.05) is 11.1 Å². The zero-order valence-corrected chi connectivity index (χ0v) is 5.37. The van der Waals surface area contributed by atoms with Gasteiger partial charge in [-0.05, 0) is 13.8 Å². The molecule has 0 fully saturated rings. The number of hydrogen-bond acceptors (Lipinski definition) is 1. The van der Waals surface area contributed by atoms with Crippen molar-refractivity contribution >= 4 is 11.6 Å². The first kappa shape index (κ1) is 6.99. The molecule has 1 atom stereocenters. The number of rotatable bonds is 1. The summed E-state index contributed by atoms with van der Waals surface area (Å²) >= 11 is 5.54. The molecule has 0 heterocycles. The van der Waals surface area contributed by atoms with Gasteiger partial charge in [-0.15, -0.1) is 0 Å². The van der Waals surface area contributed by atoms with Crippen molar-refractivity contribution in [2.75, 3.05) is 0 Å². The van der Waals surface area contributed by atoms with Gasteiger partial charge >= 0.3 is 0 Å². The molecule has 2 N–H and O–H groups in total. The molecule has 0 aromatic rings. The highest BCUT2D eigenvalue weighted by molar-refractivity contribution is 6.30. The Labute approximate surface area is 49.2 Å². The SMILES string of the molecule is CC=C(Cl)C(C)N. The molecular weight excluding hydrogens is 110 g/mol. The van der Waals surface area contributed by atoms with E-state index in [4.69, 9.17) is 17.3 Å². The summed E-state index contributed by atoms with van der Waals surface area (Å²) in [4.78, 5) is 0. The van der Waals surface area contributed by atoms with E-state index >= 15 is 0 Å². The van der Waals surface area contributed by atoms with Crippen LogP contribution >= 0.6 is 11.6 Å². The monoisotopic (exact) mass is 119 g/mol. The largest absolute Gasteiger partial charge is 0.323 e. The van der Waals surface area contributed by atoms with Gasteiger partial charge in [0.25, 0.3) is 0 Å². The van der Waals surface area contributed by atoms with Gasteiger partial charge < -0.3 is 5.73 Å². The van der Waals surface area contributed by atoms with Crippen LogP contribution in [0.3, 0.4) is 0 Å². The second kappa shape index (κ2) is 3.05. The van der Waals surface area contributed by atoms with Crippen LogP contribution < -0.4 is 5.73 Å². The summed E-state index contributed by atoms with van der Waals surface area (Å²) in [6, 6.07) is -0.00772. The van der Waals surface area contributed by atoms with Crippen molar-refractivity contribution in [1.29, 1.82) is 0 Å². The Morgan fingerprint density at radius 1 is 1.86 bits per heavy atom. The lowest BCUT2D eigenvalue weighted by Gasteiger charge is -1.98. The van der Waals surface area contributed by atoms with Gasteiger partial charge in [0.05, 0.1) is 0 Å². The van der Waals surface area contributed by atoms with Crippen LogP contribution in [0.1, 0.15) is 13.8 Å². The fourth-order valence-corrected chi connectivity index (χ4v) is 0.263. The first-order chi connectivity index (χ1) is 3.18. The summed E-state index contributed by atoms with van der Waals surface area (Å²) in [7, 11) is 0. The first-order valence-corrected chi connectivity index (χ1v) is 2.63. The van der Waals surface area contributed by atoms with E-state index in [1.165, 1.54) is 0 Å². The molecule has 2 heteroatoms. The van der Waals surface area contributed by atoms with E-state index in [9.17, 15) is 0 Å². The molecule has 0 aromatic carbocycles. The van der Waals surface area contributed by atoms with E-state index in [0.29, 0.717) is 0 Å². The van der Waals surface area contributed by atoms with Gasteiger partial charge in [0.2, 0.25) is 0 Å². The van der Waals surface area contributed by atoms with Crippen molar-refractivity contribution < 1.29 is 0 Å². The molecule has 0 aliphatic heterocycles. The van der Waals surface area contributed by atoms with Crippen LogP contribution in [0.4, 0.5) is 0 Å². The van der Waals surface area contributed by atoms with Crippen molar-refractivity contribution in [2.45, 2.75) is 19.9 Å². The zero-order chi connectivity index (χ0) is 5.86. The number of nitrogens with two attached hydrogens (primary N) is 1. The van der Waals surface area contributed by atoms with Crippen LogP contribution in [0.25, 0.3) is 0 Å². The third-order valence-electron chi connectivity index (χ3n) is 0.711. The molecule has 42 valence electrons. The van der Waals surface area contributed by atoms with Gasteiger partial charge in [0.15, 0.2) is 0 Å². The van der Waals surface area contributed by atoms with Gasteiger partial charge in [-0.25, -0.2) is 0 Å². The summed E-state index contributed by atoms with van der Waals surface area (Å²) in [6.45, 7) is 3.72. The van der Waals surface area contributed by atoms with Crippen molar-refractivity contribution in [3.05, 3.63) is 11.1 Å². The minimum atomic E-state index is -0.00772. The minimum Gasteiger partial charge on any atom is -0.323 e. The number of allylic oxidation sites excluding steroid dienone is 1. The second-order valence-electron chi connectivity index (χ2n) is 1.46. The molecule has 1 unspecified atom stereocenters. The predicted octanol–water partition coefficient (Wildman–Crippen LogP) is 1.48. The van der Waals surface area contributed by atoms with Crippen LogP contribution in [0.2, 0.25) is 0 Å². The molecule has 7 heavy (non-hydrogen) atoms. The van der Waals surface area contributed by atoms with Gasteiger partial charge in [0.1, 0.15) is 0 Å². The molecule has 0 rings (SSSR count). The third-order valence-corrected chi connectivity index (χ3v) is 1.27. The zero-order valence-electron chi connectivity index (χ0n) is 4.61. The van der Waals surface area contributed by atoms with E-state index in [2.05, 4.69) is 0 Å². The fraction of sp³-hybridized carbons (Fsp3) is 0.600. The average molecular weight is 120 g/mol. The average Bonchev–Trinajstić information content (AvgIpc) is 1.65. The summed E-state index contributed by atoms with van der Waals surface area (Å²) in [6.07, 6.45) is 1.80. The van der Waals surface area contributed by atoms with E-state index in [0.717, 1.165) is 5.03 Å². The third kappa shape index (κ3) is 2.66. The summed E-state index contributed by atoms with van der Waals surface area (Å²) in [5.74, 6) is 0. The Balaban J connectivity index is 3.56.